The molecule has 7 heavy (non-hydrogen) atoms. The Bertz CT molecular complexity index is 56.9. The number of rotatable bonds is 3. The predicted molar refractivity (Wildman–Crippen MR) is 44.0 cm³/mol. The van der Waals surface area contributed by atoms with Crippen molar-refractivity contribution < 1.29 is 0 Å². The van der Waals surface area contributed by atoms with E-state index in [0.717, 1.165) is 3.76 Å². The van der Waals surface area contributed by atoms with Gasteiger partial charge in [0.1, 0.15) is 0 Å². The van der Waals surface area contributed by atoms with Crippen molar-refractivity contribution in [2.45, 2.75) is 0 Å². The van der Waals surface area contributed by atoms with Gasteiger partial charge >= 0.3 is 0 Å². The average molecular weight is 230 g/mol. The van der Waals surface area contributed by atoms with Crippen LogP contribution in [0.25, 0.3) is 0 Å². The second kappa shape index (κ2) is 6.55. The number of nitrogens with one attached hydrogen (secondary N) is 1. The molecular formula is C3H7IN2S. The highest BCUT2D eigenvalue weighted by atomic mass is 127. The second-order valence-corrected chi connectivity index (χ2v) is 3.37. The highest BCUT2D eigenvalue weighted by Gasteiger charge is 1.71. The van der Waals surface area contributed by atoms with Crippen molar-refractivity contribution in [1.82, 2.24) is 4.72 Å². The molecule has 0 aliphatic rings. The molecule has 0 fully saturated rings. The minimum atomic E-state index is 1.05. The fourth-order valence-electron chi connectivity index (χ4n) is 0.121. The maximum absolute atomic E-state index is 3.71. The van der Waals surface area contributed by atoms with Crippen LogP contribution in [0.3, 0.4) is 0 Å². The zero-order valence-corrected chi connectivity index (χ0v) is 6.99. The molecule has 0 aliphatic carbocycles. The van der Waals surface area contributed by atoms with Crippen molar-refractivity contribution in [3.63, 3.8) is 0 Å². The molecule has 0 saturated carbocycles. The Labute approximate surface area is 61.4 Å². The van der Waals surface area contributed by atoms with Gasteiger partial charge in [0.15, 0.2) is 0 Å². The smallest absolute Gasteiger partial charge is 0.0919 e. The molecule has 0 spiro atoms. The molecule has 0 atom stereocenters. The first-order valence-electron chi connectivity index (χ1n) is 1.75. The van der Waals surface area contributed by atoms with Crippen molar-refractivity contribution in [2.24, 2.45) is 4.99 Å². The highest BCUT2D eigenvalue weighted by Crippen LogP contribution is 1.95. The van der Waals surface area contributed by atoms with E-state index in [1.165, 1.54) is 0 Å². The molecule has 0 amide bonds. The van der Waals surface area contributed by atoms with E-state index in [1.54, 1.807) is 25.3 Å². The van der Waals surface area contributed by atoms with Gasteiger partial charge in [-0.25, -0.2) is 0 Å². The summed E-state index contributed by atoms with van der Waals surface area (Å²) in [6.45, 7) is 0. The lowest BCUT2D eigenvalue weighted by molar-refractivity contribution is 1.41. The maximum atomic E-state index is 3.71. The number of hydrogen-bond donors (Lipinski definition) is 1. The Morgan fingerprint density at radius 1 is 2.00 bits per heavy atom. The fourth-order valence-corrected chi connectivity index (χ4v) is 0.904. The van der Waals surface area contributed by atoms with Crippen LogP contribution in [0.1, 0.15) is 0 Å². The standard InChI is InChI=1S/C3H7IN2S/c1-5-3-6-7-2-4/h3H,2H2,1H3,(H,5,6). The van der Waals surface area contributed by atoms with E-state index in [-0.39, 0.29) is 0 Å². The lowest BCUT2D eigenvalue weighted by Gasteiger charge is -1.88. The van der Waals surface area contributed by atoms with Crippen LogP contribution < -0.4 is 4.72 Å². The van der Waals surface area contributed by atoms with Crippen molar-refractivity contribution in [1.29, 1.82) is 0 Å². The molecule has 0 radical (unpaired) electrons. The summed E-state index contributed by atoms with van der Waals surface area (Å²) in [5.41, 5.74) is 0. The zero-order valence-electron chi connectivity index (χ0n) is 4.02. The van der Waals surface area contributed by atoms with E-state index in [2.05, 4.69) is 32.3 Å². The van der Waals surface area contributed by atoms with Crippen LogP contribution >= 0.6 is 34.5 Å². The summed E-state index contributed by atoms with van der Waals surface area (Å²) in [6, 6.07) is 0. The minimum absolute atomic E-state index is 1.05. The van der Waals surface area contributed by atoms with Crippen LogP contribution in [0.15, 0.2) is 4.99 Å². The molecule has 0 aliphatic heterocycles. The first-order valence-corrected chi connectivity index (χ1v) is 4.27. The number of hydrogen-bond acceptors (Lipinski definition) is 2. The van der Waals surface area contributed by atoms with E-state index < -0.39 is 0 Å². The van der Waals surface area contributed by atoms with Crippen LogP contribution in [0, 0.1) is 0 Å². The first kappa shape index (κ1) is 7.55. The van der Waals surface area contributed by atoms with E-state index in [4.69, 9.17) is 0 Å². The Morgan fingerprint density at radius 2 is 2.71 bits per heavy atom. The van der Waals surface area contributed by atoms with Crippen molar-refractivity contribution >= 4 is 40.9 Å². The van der Waals surface area contributed by atoms with Crippen LogP contribution in [0.5, 0.6) is 0 Å². The Morgan fingerprint density at radius 3 is 3.14 bits per heavy atom. The zero-order chi connectivity index (χ0) is 5.54. The molecule has 0 saturated heterocycles. The van der Waals surface area contributed by atoms with Gasteiger partial charge in [-0.3, -0.25) is 4.99 Å². The third-order valence-electron chi connectivity index (χ3n) is 0.320. The van der Waals surface area contributed by atoms with Gasteiger partial charge in [0.05, 0.1) is 10.1 Å². The summed E-state index contributed by atoms with van der Waals surface area (Å²) in [7, 11) is 1.74. The summed E-state index contributed by atoms with van der Waals surface area (Å²) in [5.74, 6) is 0. The van der Waals surface area contributed by atoms with Crippen molar-refractivity contribution in [3.8, 4) is 0 Å². The molecule has 1 N–H and O–H groups in total. The van der Waals surface area contributed by atoms with Gasteiger partial charge in [0.25, 0.3) is 0 Å². The van der Waals surface area contributed by atoms with Gasteiger partial charge in [-0.1, -0.05) is 22.6 Å². The first-order chi connectivity index (χ1) is 3.41. The maximum Gasteiger partial charge on any atom is 0.0919 e. The quantitative estimate of drug-likeness (QED) is 0.197. The van der Waals surface area contributed by atoms with Crippen molar-refractivity contribution in [3.05, 3.63) is 0 Å². The molecule has 0 heterocycles. The molecule has 0 bridgehead atoms. The topological polar surface area (TPSA) is 24.4 Å². The minimum Gasteiger partial charge on any atom is -0.320 e. The van der Waals surface area contributed by atoms with Crippen molar-refractivity contribution in [2.75, 3.05) is 10.8 Å². The molecule has 0 unspecified atom stereocenters. The SMILES string of the molecule is CN=CNSCI. The molecule has 2 nitrogen and oxygen atoms in total. The molecule has 0 aromatic carbocycles. The summed E-state index contributed by atoms with van der Waals surface area (Å²) < 4.78 is 3.95. The summed E-state index contributed by atoms with van der Waals surface area (Å²) in [6.07, 6.45) is 1.67. The van der Waals surface area contributed by atoms with Gasteiger partial charge in [0, 0.05) is 7.05 Å². The lowest BCUT2D eigenvalue weighted by atomic mass is 11.3. The van der Waals surface area contributed by atoms with E-state index in [1.807, 2.05) is 0 Å². The molecular weight excluding hydrogens is 223 g/mol. The summed E-state index contributed by atoms with van der Waals surface area (Å²) in [5, 5.41) is 0. The number of nitrogens with zero attached hydrogens (tertiary/aromatic N) is 1. The second-order valence-electron chi connectivity index (χ2n) is 0.759. The summed E-state index contributed by atoms with van der Waals surface area (Å²) >= 11 is 3.89. The van der Waals surface area contributed by atoms with Crippen LogP contribution in [-0.2, 0) is 0 Å². The predicted octanol–water partition coefficient (Wildman–Crippen LogP) is 1.27. The largest absolute Gasteiger partial charge is 0.320 e. The van der Waals surface area contributed by atoms with Gasteiger partial charge < -0.3 is 4.72 Å². The van der Waals surface area contributed by atoms with Gasteiger partial charge in [0.2, 0.25) is 0 Å². The number of alkyl halides is 1. The monoisotopic (exact) mass is 230 g/mol. The number of halogens is 1. The Hall–Kier alpha value is 0.550. The Kier molecular flexibility index (Phi) is 7.06. The van der Waals surface area contributed by atoms with E-state index >= 15 is 0 Å². The normalized spacial score (nSPS) is 10.0. The summed E-state index contributed by atoms with van der Waals surface area (Å²) in [4.78, 5) is 3.71. The van der Waals surface area contributed by atoms with Gasteiger partial charge in [-0.15, -0.1) is 0 Å². The van der Waals surface area contributed by atoms with E-state index in [9.17, 15) is 0 Å². The highest BCUT2D eigenvalue weighted by molar-refractivity contribution is 14.1. The van der Waals surface area contributed by atoms with Crippen LogP contribution in [0.2, 0.25) is 0 Å². The third-order valence-corrected chi connectivity index (χ3v) is 1.64. The third kappa shape index (κ3) is 6.55. The lowest BCUT2D eigenvalue weighted by Crippen LogP contribution is -1.96. The molecule has 0 aromatic rings. The van der Waals surface area contributed by atoms with Gasteiger partial charge in [-0.2, -0.15) is 0 Å². The van der Waals surface area contributed by atoms with Gasteiger partial charge in [-0.05, 0) is 11.9 Å². The van der Waals surface area contributed by atoms with Crippen LogP contribution in [0.4, 0.5) is 0 Å². The van der Waals surface area contributed by atoms with Crippen LogP contribution in [-0.4, -0.2) is 17.1 Å². The fraction of sp³-hybridized carbons (Fsp3) is 0.667. The number of aliphatic imine (C=N–C) groups is 1. The Balaban J connectivity index is 2.69. The molecule has 4 heteroatoms. The average Bonchev–Trinajstić information content (AvgIpc) is 1.69. The van der Waals surface area contributed by atoms with E-state index in [0.29, 0.717) is 0 Å². The molecule has 0 aromatic heterocycles. The molecule has 0 rings (SSSR count). The molecule has 42 valence electrons.